The molecule has 2 aliphatic carbocycles. The molecule has 8 rings (SSSR count). The zero-order valence-electron chi connectivity index (χ0n) is 33.1. The molecule has 6 aromatic rings. The summed E-state index contributed by atoms with van der Waals surface area (Å²) in [4.78, 5) is 41.2. The SMILES string of the molecule is CC(C)(C)OC(=O)[C@H](CCC(=O)CC[C@H](NC1(c2ccccc2)c2ccccc2-c2ccccc21)C(=O)O)NC1(c2ccccc2)c2ccccc2-c2ccccc21. The van der Waals surface area contributed by atoms with E-state index in [0.29, 0.717) is 0 Å². The number of carboxylic acids is 1. The summed E-state index contributed by atoms with van der Waals surface area (Å²) in [5.74, 6) is -1.63. The van der Waals surface area contributed by atoms with Gasteiger partial charge < -0.3 is 9.84 Å². The fourth-order valence-electron chi connectivity index (χ4n) is 9.08. The third-order valence-corrected chi connectivity index (χ3v) is 11.5. The number of esters is 1. The van der Waals surface area contributed by atoms with Gasteiger partial charge in [0, 0.05) is 12.8 Å². The number of hydrogen-bond acceptors (Lipinski definition) is 6. The third kappa shape index (κ3) is 6.95. The molecule has 3 N–H and O–H groups in total. The van der Waals surface area contributed by atoms with Crippen LogP contribution in [0.3, 0.4) is 0 Å². The number of ketones is 1. The first-order chi connectivity index (χ1) is 28.0. The molecular weight excluding hydrogens is 721 g/mol. The maximum absolute atomic E-state index is 14.2. The second-order valence-corrected chi connectivity index (χ2v) is 16.3. The number of carboxylic acid groups (broad SMARTS) is 1. The van der Waals surface area contributed by atoms with E-state index in [1.807, 2.05) is 130 Å². The van der Waals surface area contributed by atoms with Gasteiger partial charge in [0.05, 0.1) is 11.1 Å². The number of benzene rings is 6. The van der Waals surface area contributed by atoms with Crippen LogP contribution in [-0.4, -0.2) is 40.5 Å². The van der Waals surface area contributed by atoms with Gasteiger partial charge in [-0.05, 0) is 89.2 Å². The van der Waals surface area contributed by atoms with Gasteiger partial charge in [0.25, 0.3) is 0 Å². The Bertz CT molecular complexity index is 2380. The number of carbonyl (C=O) groups excluding carboxylic acids is 2. The van der Waals surface area contributed by atoms with Gasteiger partial charge in [-0.3, -0.25) is 25.0 Å². The second-order valence-electron chi connectivity index (χ2n) is 16.3. The number of aliphatic carboxylic acids is 1. The van der Waals surface area contributed by atoms with Crippen molar-refractivity contribution in [3.05, 3.63) is 191 Å². The molecule has 2 aliphatic rings. The Morgan fingerprint density at radius 1 is 0.517 bits per heavy atom. The van der Waals surface area contributed by atoms with Gasteiger partial charge in [-0.25, -0.2) is 0 Å². The predicted octanol–water partition coefficient (Wildman–Crippen LogP) is 9.40. The van der Waals surface area contributed by atoms with Gasteiger partial charge in [0.2, 0.25) is 0 Å². The van der Waals surface area contributed by atoms with Crippen molar-refractivity contribution in [2.24, 2.45) is 0 Å². The number of nitrogens with one attached hydrogen (secondary N) is 2. The quantitative estimate of drug-likeness (QED) is 0.0949. The average Bonchev–Trinajstić information content (AvgIpc) is 3.69. The minimum atomic E-state index is -1.06. The Labute approximate surface area is 340 Å². The van der Waals surface area contributed by atoms with E-state index >= 15 is 0 Å². The van der Waals surface area contributed by atoms with Gasteiger partial charge in [-0.15, -0.1) is 0 Å². The molecule has 58 heavy (non-hydrogen) atoms. The van der Waals surface area contributed by atoms with Crippen molar-refractivity contribution in [1.29, 1.82) is 0 Å². The molecule has 2 atom stereocenters. The van der Waals surface area contributed by atoms with E-state index in [4.69, 9.17) is 4.74 Å². The summed E-state index contributed by atoms with van der Waals surface area (Å²) in [6.45, 7) is 5.51. The Morgan fingerprint density at radius 2 is 0.845 bits per heavy atom. The van der Waals surface area contributed by atoms with Gasteiger partial charge in [-0.2, -0.15) is 0 Å². The number of carbonyl (C=O) groups is 3. The van der Waals surface area contributed by atoms with Crippen molar-refractivity contribution >= 4 is 17.7 Å². The van der Waals surface area contributed by atoms with Gasteiger partial charge in [0.15, 0.2) is 0 Å². The van der Waals surface area contributed by atoms with E-state index in [1.165, 1.54) is 0 Å². The Kier molecular flexibility index (Phi) is 10.4. The summed E-state index contributed by atoms with van der Waals surface area (Å²) in [6, 6.07) is 50.7. The van der Waals surface area contributed by atoms with Crippen LogP contribution in [-0.2, 0) is 30.2 Å². The maximum atomic E-state index is 14.2. The lowest BCUT2D eigenvalue weighted by Crippen LogP contribution is -2.53. The van der Waals surface area contributed by atoms with Crippen LogP contribution in [0.4, 0.5) is 0 Å². The zero-order chi connectivity index (χ0) is 40.5. The van der Waals surface area contributed by atoms with Gasteiger partial charge >= 0.3 is 11.9 Å². The normalized spacial score (nSPS) is 15.3. The molecule has 0 bridgehead atoms. The van der Waals surface area contributed by atoms with Crippen molar-refractivity contribution in [1.82, 2.24) is 10.6 Å². The summed E-state index contributed by atoms with van der Waals surface area (Å²) in [7, 11) is 0. The molecule has 0 saturated carbocycles. The van der Waals surface area contributed by atoms with Crippen LogP contribution in [0, 0.1) is 0 Å². The van der Waals surface area contributed by atoms with Crippen molar-refractivity contribution in [3.63, 3.8) is 0 Å². The molecule has 0 spiro atoms. The maximum Gasteiger partial charge on any atom is 0.323 e. The fraction of sp³-hybridized carbons (Fsp3) is 0.235. The lowest BCUT2D eigenvalue weighted by Gasteiger charge is -2.38. The number of Topliss-reactive ketones (excluding diaryl/α,β-unsaturated/α-hetero) is 1. The molecular formula is C51H48N2O5. The highest BCUT2D eigenvalue weighted by Gasteiger charge is 2.48. The van der Waals surface area contributed by atoms with Gasteiger partial charge in [0.1, 0.15) is 23.5 Å². The highest BCUT2D eigenvalue weighted by atomic mass is 16.6. The number of ether oxygens (including phenoxy) is 1. The highest BCUT2D eigenvalue weighted by molar-refractivity contribution is 5.87. The fourth-order valence-corrected chi connectivity index (χ4v) is 9.08. The lowest BCUT2D eigenvalue weighted by molar-refractivity contribution is -0.158. The molecule has 7 heteroatoms. The minimum absolute atomic E-state index is 0.00859. The topological polar surface area (TPSA) is 105 Å². The van der Waals surface area contributed by atoms with Crippen molar-refractivity contribution in [3.8, 4) is 22.3 Å². The first-order valence-corrected chi connectivity index (χ1v) is 20.1. The minimum Gasteiger partial charge on any atom is -0.480 e. The average molecular weight is 769 g/mol. The second kappa shape index (κ2) is 15.7. The van der Waals surface area contributed by atoms with Crippen LogP contribution >= 0.6 is 0 Å². The zero-order valence-corrected chi connectivity index (χ0v) is 33.1. The lowest BCUT2D eigenvalue weighted by atomic mass is 9.79. The molecule has 0 radical (unpaired) electrons. The van der Waals surface area contributed by atoms with E-state index in [0.717, 1.165) is 55.6 Å². The van der Waals surface area contributed by atoms with Crippen molar-refractivity contribution in [2.45, 2.75) is 75.2 Å². The van der Waals surface area contributed by atoms with Crippen molar-refractivity contribution < 1.29 is 24.2 Å². The van der Waals surface area contributed by atoms with E-state index in [1.54, 1.807) is 0 Å². The summed E-state index contributed by atoms with van der Waals surface area (Å²) in [5, 5.41) is 18.1. The molecule has 0 aliphatic heterocycles. The Balaban J connectivity index is 1.08. The van der Waals surface area contributed by atoms with E-state index in [-0.39, 0.29) is 31.5 Å². The molecule has 0 heterocycles. The molecule has 0 amide bonds. The van der Waals surface area contributed by atoms with Crippen LogP contribution in [0.2, 0.25) is 0 Å². The molecule has 0 fully saturated rings. The van der Waals surface area contributed by atoms with Crippen molar-refractivity contribution in [2.75, 3.05) is 0 Å². The summed E-state index contributed by atoms with van der Waals surface area (Å²) in [6.07, 6.45) is 0.278. The van der Waals surface area contributed by atoms with Crippen LogP contribution in [0.1, 0.15) is 79.8 Å². The molecule has 7 nitrogen and oxygen atoms in total. The molecule has 0 aromatic heterocycles. The monoisotopic (exact) mass is 768 g/mol. The first kappa shape index (κ1) is 38.7. The van der Waals surface area contributed by atoms with Crippen LogP contribution in [0.25, 0.3) is 22.3 Å². The summed E-state index contributed by atoms with van der Waals surface area (Å²) in [5.41, 5.74) is 7.43. The smallest absolute Gasteiger partial charge is 0.323 e. The molecule has 0 saturated heterocycles. The van der Waals surface area contributed by atoms with Crippen LogP contribution < -0.4 is 10.6 Å². The van der Waals surface area contributed by atoms with E-state index in [9.17, 15) is 19.5 Å². The highest BCUT2D eigenvalue weighted by Crippen LogP contribution is 2.52. The largest absolute Gasteiger partial charge is 0.480 e. The number of rotatable bonds is 14. The first-order valence-electron chi connectivity index (χ1n) is 20.1. The molecule has 6 aromatic carbocycles. The summed E-state index contributed by atoms with van der Waals surface area (Å²) >= 11 is 0. The van der Waals surface area contributed by atoms with E-state index < -0.39 is 40.7 Å². The Morgan fingerprint density at radius 3 is 1.21 bits per heavy atom. The van der Waals surface area contributed by atoms with Crippen LogP contribution in [0.5, 0.6) is 0 Å². The standard InChI is InChI=1S/C51H48N2O5/c1-49(2,3)58-48(57)46(53-51(35-20-8-5-9-21-35)43-28-16-12-24-39(43)40-25-13-17-29-44(40)51)33-31-36(54)30-32-45(47(55)56)52-50(34-18-6-4-7-19-34)41-26-14-10-22-37(41)38-23-11-15-27-42(38)50/h4-29,45-46,52-53H,30-33H2,1-3H3,(H,55,56)/t45-,46-/m0/s1. The number of fused-ring (bicyclic) bond motifs is 6. The number of hydrogen-bond donors (Lipinski definition) is 3. The predicted molar refractivity (Wildman–Crippen MR) is 227 cm³/mol. The van der Waals surface area contributed by atoms with E-state index in [2.05, 4.69) is 59.2 Å². The molecule has 292 valence electrons. The molecule has 0 unspecified atom stereocenters. The third-order valence-electron chi connectivity index (χ3n) is 11.5. The summed E-state index contributed by atoms with van der Waals surface area (Å²) < 4.78 is 6.01. The van der Waals surface area contributed by atoms with Crippen LogP contribution in [0.15, 0.2) is 158 Å². The Hall–Kier alpha value is -6.15. The van der Waals surface area contributed by atoms with Gasteiger partial charge in [-0.1, -0.05) is 158 Å².